The normalized spacial score (nSPS) is 13.2. The van der Waals surface area contributed by atoms with Crippen LogP contribution in [0.25, 0.3) is 10.8 Å². The molecule has 0 spiro atoms. The molecule has 244 valence electrons. The Morgan fingerprint density at radius 2 is 1.26 bits per heavy atom. The van der Waals surface area contributed by atoms with E-state index in [1.807, 2.05) is 0 Å². The Kier molecular flexibility index (Phi) is 9.56. The van der Waals surface area contributed by atoms with Gasteiger partial charge in [0.15, 0.2) is 15.6 Å². The van der Waals surface area contributed by atoms with Gasteiger partial charge < -0.3 is 10.8 Å². The Balaban J connectivity index is 1.64. The third-order valence-corrected chi connectivity index (χ3v) is 9.88. The number of nitrogens with zero attached hydrogens (tertiary/aromatic N) is 4. The molecular weight excluding hydrogens is 695 g/mol. The van der Waals surface area contributed by atoms with Crippen LogP contribution in [0.3, 0.4) is 0 Å². The number of benzene rings is 4. The molecule has 0 atom stereocenters. The minimum atomic E-state index is -4.90. The van der Waals surface area contributed by atoms with Crippen LogP contribution in [0, 0.1) is 0 Å². The number of sulfone groups is 1. The quantitative estimate of drug-likeness (QED) is 0.0831. The van der Waals surface area contributed by atoms with Gasteiger partial charge in [-0.1, -0.05) is 0 Å². The minimum absolute atomic E-state index is 0.0878. The highest BCUT2D eigenvalue weighted by atomic mass is 32.3. The van der Waals surface area contributed by atoms with Crippen molar-refractivity contribution in [2.75, 3.05) is 18.1 Å². The van der Waals surface area contributed by atoms with Crippen molar-refractivity contribution in [2.24, 2.45) is 20.5 Å². The lowest BCUT2D eigenvalue weighted by Gasteiger charge is -2.09. The van der Waals surface area contributed by atoms with Crippen molar-refractivity contribution in [2.45, 2.75) is 14.7 Å². The highest BCUT2D eigenvalue weighted by Crippen LogP contribution is 2.42. The largest absolute Gasteiger partial charge is 0.505 e. The lowest BCUT2D eigenvalue weighted by Crippen LogP contribution is -2.15. The molecule has 0 aromatic heterocycles. The number of aromatic hydroxyl groups is 1. The first-order valence-electron chi connectivity index (χ1n) is 12.2. The third kappa shape index (κ3) is 8.24. The molecule has 0 unspecified atom stereocenters. The zero-order valence-corrected chi connectivity index (χ0v) is 26.0. The molecule has 18 nitrogen and oxygen atoms in total. The van der Waals surface area contributed by atoms with E-state index < -0.39 is 74.1 Å². The van der Waals surface area contributed by atoms with Crippen molar-refractivity contribution in [3.05, 3.63) is 66.7 Å². The number of hydrogen-bond donors (Lipinski definition) is 5. The van der Waals surface area contributed by atoms with Crippen LogP contribution in [-0.2, 0) is 44.7 Å². The number of anilines is 1. The molecule has 4 aromatic carbocycles. The van der Waals surface area contributed by atoms with Gasteiger partial charge in [0, 0.05) is 10.8 Å². The number of phenols is 1. The van der Waals surface area contributed by atoms with Gasteiger partial charge in [-0.25, -0.2) is 12.6 Å². The molecule has 4 aromatic rings. The van der Waals surface area contributed by atoms with Crippen LogP contribution in [0.15, 0.2) is 102 Å². The van der Waals surface area contributed by atoms with E-state index in [1.165, 1.54) is 48.5 Å². The lowest BCUT2D eigenvalue weighted by atomic mass is 10.1. The highest BCUT2D eigenvalue weighted by molar-refractivity contribution is 7.91. The van der Waals surface area contributed by atoms with Crippen LogP contribution in [0.4, 0.5) is 28.4 Å². The second-order valence-corrected chi connectivity index (χ2v) is 15.1. The van der Waals surface area contributed by atoms with Crippen molar-refractivity contribution in [1.82, 2.24) is 0 Å². The van der Waals surface area contributed by atoms with Crippen molar-refractivity contribution in [3.8, 4) is 5.75 Å². The zero-order chi connectivity index (χ0) is 34.1. The standard InChI is InChI=1S/C24H21N5O13S4/c25-19-8-6-18-17(23(19)29-26-14-1-3-15(4-2-14)43(31,32)12-11-42-46(39,40)41)7-9-20(24(18)30)27-28-21-13-16(44(33,34)35)5-10-22(21)45(36,37)38/h1-10,13,30H,11-12,25H2,(H,33,34,35)(H,36,37,38)(H,39,40,41). The average Bonchev–Trinajstić information content (AvgIpc) is 2.94. The molecular formula is C24H21N5O13S4. The van der Waals surface area contributed by atoms with Crippen LogP contribution >= 0.6 is 0 Å². The summed E-state index contributed by atoms with van der Waals surface area (Å²) in [7, 11) is -18.4. The van der Waals surface area contributed by atoms with E-state index in [2.05, 4.69) is 24.6 Å². The molecule has 0 saturated carbocycles. The van der Waals surface area contributed by atoms with E-state index in [0.717, 1.165) is 6.07 Å². The SMILES string of the molecule is Nc1ccc2c(O)c(N=Nc3cc(S(=O)(=O)O)ccc3S(=O)(=O)O)ccc2c1N=Nc1ccc(S(=O)(=O)CCOS(=O)(=O)O)cc1. The van der Waals surface area contributed by atoms with Gasteiger partial charge in [-0.3, -0.25) is 13.7 Å². The summed E-state index contributed by atoms with van der Waals surface area (Å²) >= 11 is 0. The van der Waals surface area contributed by atoms with Gasteiger partial charge in [-0.2, -0.15) is 30.4 Å². The summed E-state index contributed by atoms with van der Waals surface area (Å²) in [5, 5.41) is 26.8. The van der Waals surface area contributed by atoms with E-state index in [9.17, 15) is 47.9 Å². The van der Waals surface area contributed by atoms with Crippen LogP contribution in [0.1, 0.15) is 0 Å². The number of rotatable bonds is 11. The maximum absolute atomic E-state index is 12.4. The van der Waals surface area contributed by atoms with Crippen LogP contribution < -0.4 is 5.73 Å². The summed E-state index contributed by atoms with van der Waals surface area (Å²) < 4.78 is 124. The topological polar surface area (TPSA) is 302 Å². The molecule has 0 aliphatic heterocycles. The first-order chi connectivity index (χ1) is 21.3. The van der Waals surface area contributed by atoms with Crippen LogP contribution in [0.2, 0.25) is 0 Å². The molecule has 6 N–H and O–H groups in total. The molecule has 22 heteroatoms. The van der Waals surface area contributed by atoms with E-state index in [0.29, 0.717) is 12.1 Å². The van der Waals surface area contributed by atoms with Crippen LogP contribution in [0.5, 0.6) is 5.75 Å². The lowest BCUT2D eigenvalue weighted by molar-refractivity contribution is 0.284. The second-order valence-electron chi connectivity index (χ2n) is 9.07. The fourth-order valence-corrected chi connectivity index (χ4v) is 6.42. The second kappa shape index (κ2) is 12.8. The number of nitrogen functional groups attached to an aromatic ring is 1. The summed E-state index contributed by atoms with van der Waals surface area (Å²) in [5.41, 5.74) is 5.57. The maximum atomic E-state index is 12.4. The van der Waals surface area contributed by atoms with Gasteiger partial charge in [0.05, 0.1) is 33.5 Å². The molecule has 0 amide bonds. The molecule has 0 fully saturated rings. The van der Waals surface area contributed by atoms with Gasteiger partial charge in [-0.15, -0.1) is 15.3 Å². The number of azo groups is 2. The molecule has 0 heterocycles. The van der Waals surface area contributed by atoms with Gasteiger partial charge >= 0.3 is 10.4 Å². The Morgan fingerprint density at radius 1 is 0.652 bits per heavy atom. The summed E-state index contributed by atoms with van der Waals surface area (Å²) in [5.74, 6) is -1.21. The van der Waals surface area contributed by atoms with E-state index in [1.54, 1.807) is 0 Å². The van der Waals surface area contributed by atoms with E-state index in [4.69, 9.17) is 10.3 Å². The number of phenolic OH excluding ortho intramolecular Hbond substituents is 1. The van der Waals surface area contributed by atoms with Gasteiger partial charge in [0.2, 0.25) is 0 Å². The highest BCUT2D eigenvalue weighted by Gasteiger charge is 2.21. The molecule has 46 heavy (non-hydrogen) atoms. The predicted octanol–water partition coefficient (Wildman–Crippen LogP) is 4.04. The first kappa shape index (κ1) is 34.5. The zero-order valence-electron chi connectivity index (χ0n) is 22.7. The fourth-order valence-electron chi connectivity index (χ4n) is 3.83. The number of fused-ring (bicyclic) bond motifs is 1. The summed E-state index contributed by atoms with van der Waals surface area (Å²) in [6, 6.07) is 12.5. The van der Waals surface area contributed by atoms with Crippen LogP contribution in [-0.4, -0.2) is 64.8 Å². The molecule has 0 aliphatic rings. The summed E-state index contributed by atoms with van der Waals surface area (Å²) in [6.07, 6.45) is 0. The smallest absolute Gasteiger partial charge is 0.397 e. The molecule has 4 rings (SSSR count). The number of nitrogens with two attached hydrogens (primary N) is 1. The molecule has 0 radical (unpaired) electrons. The van der Waals surface area contributed by atoms with E-state index in [-0.39, 0.29) is 38.4 Å². The molecule has 0 saturated heterocycles. The molecule has 0 aliphatic carbocycles. The van der Waals surface area contributed by atoms with Gasteiger partial charge in [0.25, 0.3) is 20.2 Å². The monoisotopic (exact) mass is 715 g/mol. The van der Waals surface area contributed by atoms with Gasteiger partial charge in [-0.05, 0) is 66.7 Å². The Bertz CT molecular complexity index is 2340. The average molecular weight is 716 g/mol. The number of hydrogen-bond acceptors (Lipinski definition) is 15. The van der Waals surface area contributed by atoms with E-state index >= 15 is 0 Å². The Morgan fingerprint density at radius 3 is 1.87 bits per heavy atom. The third-order valence-electron chi connectivity index (χ3n) is 5.97. The Labute approximate surface area is 261 Å². The van der Waals surface area contributed by atoms with Crippen molar-refractivity contribution in [3.63, 3.8) is 0 Å². The predicted molar refractivity (Wildman–Crippen MR) is 160 cm³/mol. The summed E-state index contributed by atoms with van der Waals surface area (Å²) in [6.45, 7) is -0.800. The van der Waals surface area contributed by atoms with Gasteiger partial charge in [0.1, 0.15) is 22.0 Å². The van der Waals surface area contributed by atoms with Crippen molar-refractivity contribution in [1.29, 1.82) is 0 Å². The summed E-state index contributed by atoms with van der Waals surface area (Å²) in [4.78, 5) is -1.74. The van der Waals surface area contributed by atoms with Crippen molar-refractivity contribution >= 4 is 79.7 Å². The fraction of sp³-hybridized carbons (Fsp3) is 0.0833. The minimum Gasteiger partial charge on any atom is -0.505 e. The Hall–Kier alpha value is -4.42. The molecule has 0 bridgehead atoms. The van der Waals surface area contributed by atoms with Crippen molar-refractivity contribution < 1.29 is 56.6 Å². The maximum Gasteiger partial charge on any atom is 0.397 e. The first-order valence-corrected chi connectivity index (χ1v) is 18.1.